The molecule has 0 bridgehead atoms. The molecule has 0 saturated heterocycles. The minimum absolute atomic E-state index is 0.297. The molecule has 53 heavy (non-hydrogen) atoms. The van der Waals surface area contributed by atoms with Crippen molar-refractivity contribution >= 4 is 49.3 Å². The molecule has 0 radical (unpaired) electrons. The molecule has 1 aliphatic heterocycles. The molecule has 4 nitrogen and oxygen atoms in total. The summed E-state index contributed by atoms with van der Waals surface area (Å²) in [6.45, 7) is 0. The molecule has 1 aliphatic rings. The van der Waals surface area contributed by atoms with E-state index < -0.39 is 0 Å². The fourth-order valence-corrected chi connectivity index (χ4v) is 8.32. The molecule has 1 atom stereocenters. The Morgan fingerprint density at radius 2 is 1.00 bits per heavy atom. The van der Waals surface area contributed by atoms with Crippen molar-refractivity contribution in [2.75, 3.05) is 5.32 Å². The van der Waals surface area contributed by atoms with Gasteiger partial charge < -0.3 is 19.2 Å². The number of benzene rings is 8. The zero-order chi connectivity index (χ0) is 34.9. The second-order valence-electron chi connectivity index (χ2n) is 13.8. The predicted molar refractivity (Wildman–Crippen MR) is 219 cm³/mol. The minimum atomic E-state index is -0.297. The molecular weight excluding hydrogens is 647 g/mol. The number of nitrogens with one attached hydrogen (secondary N) is 1. The van der Waals surface area contributed by atoms with Crippen molar-refractivity contribution in [3.8, 4) is 39.4 Å². The minimum Gasteiger partial charge on any atom is -0.464 e. The van der Waals surface area contributed by atoms with Crippen LogP contribution >= 0.6 is 0 Å². The predicted octanol–water partition coefficient (Wildman–Crippen LogP) is 12.7. The molecule has 0 saturated carbocycles. The highest BCUT2D eigenvalue weighted by Crippen LogP contribution is 2.43. The second-order valence-corrected chi connectivity index (χ2v) is 13.8. The molecule has 0 amide bonds. The van der Waals surface area contributed by atoms with E-state index in [-0.39, 0.29) is 6.23 Å². The number of aromatic nitrogens is 2. The summed E-state index contributed by atoms with van der Waals surface area (Å²) < 4.78 is 11.4. The fourth-order valence-electron chi connectivity index (χ4n) is 8.32. The van der Waals surface area contributed by atoms with E-state index in [1.165, 1.54) is 54.7 Å². The van der Waals surface area contributed by atoms with Gasteiger partial charge in [-0.3, -0.25) is 0 Å². The summed E-state index contributed by atoms with van der Waals surface area (Å²) in [6.07, 6.45) is -0.297. The summed E-state index contributed by atoms with van der Waals surface area (Å²) >= 11 is 0. The molecule has 8 aromatic carbocycles. The highest BCUT2D eigenvalue weighted by atomic mass is 16.5. The molecule has 11 rings (SSSR count). The highest BCUT2D eigenvalue weighted by Gasteiger charge is 2.26. The number of hydrogen-bond donors (Lipinski definition) is 1. The van der Waals surface area contributed by atoms with Gasteiger partial charge in [-0.2, -0.15) is 0 Å². The van der Waals surface area contributed by atoms with Gasteiger partial charge in [0.2, 0.25) is 0 Å². The molecule has 10 aromatic rings. The lowest BCUT2D eigenvalue weighted by Crippen LogP contribution is -2.09. The monoisotopic (exact) mass is 679 g/mol. The van der Waals surface area contributed by atoms with E-state index in [0.29, 0.717) is 0 Å². The first-order chi connectivity index (χ1) is 26.3. The summed E-state index contributed by atoms with van der Waals surface area (Å²) in [5.41, 5.74) is 13.8. The molecule has 1 unspecified atom stereocenters. The van der Waals surface area contributed by atoms with Crippen LogP contribution in [0.25, 0.3) is 77.2 Å². The molecule has 4 heteroatoms. The van der Waals surface area contributed by atoms with Crippen molar-refractivity contribution in [1.82, 2.24) is 9.13 Å². The van der Waals surface area contributed by atoms with Crippen LogP contribution in [0.15, 0.2) is 188 Å². The van der Waals surface area contributed by atoms with Crippen molar-refractivity contribution in [2.24, 2.45) is 0 Å². The summed E-state index contributed by atoms with van der Waals surface area (Å²) in [6, 6.07) is 67.3. The Morgan fingerprint density at radius 1 is 0.415 bits per heavy atom. The second kappa shape index (κ2) is 11.8. The Hall–Kier alpha value is -7.04. The largest absolute Gasteiger partial charge is 0.464 e. The van der Waals surface area contributed by atoms with Crippen LogP contribution in [0.5, 0.6) is 5.75 Å². The molecule has 0 aliphatic carbocycles. The number of fused-ring (bicyclic) bond motifs is 7. The zero-order valence-corrected chi connectivity index (χ0v) is 28.8. The third-order valence-corrected chi connectivity index (χ3v) is 10.8. The Morgan fingerprint density at radius 3 is 1.81 bits per heavy atom. The van der Waals surface area contributed by atoms with Crippen molar-refractivity contribution in [3.05, 3.63) is 194 Å². The maximum absolute atomic E-state index is 6.68. The molecule has 0 spiro atoms. The molecule has 3 heterocycles. The van der Waals surface area contributed by atoms with Crippen LogP contribution < -0.4 is 10.1 Å². The van der Waals surface area contributed by atoms with Gasteiger partial charge in [-0.25, -0.2) is 0 Å². The average molecular weight is 680 g/mol. The van der Waals surface area contributed by atoms with Crippen LogP contribution in [0.2, 0.25) is 0 Å². The standard InChI is InChI=1S/C49H33N3O/c1-3-13-32(14-4-1)37-17-7-10-20-43(37)52-45-22-12-9-19-39(45)41-30-35(25-28-47(41)52)49-50-42-26-23-34(31-48(42)53-49)33-24-27-46-40(29-33)38-18-8-11-21-44(38)51(46)36-15-5-2-6-16-36/h1-31,49-50H. The van der Waals surface area contributed by atoms with Crippen LogP contribution in [0, 0.1) is 0 Å². The van der Waals surface area contributed by atoms with E-state index in [1.807, 2.05) is 0 Å². The van der Waals surface area contributed by atoms with E-state index in [2.05, 4.69) is 203 Å². The van der Waals surface area contributed by atoms with Gasteiger partial charge in [0.1, 0.15) is 5.75 Å². The van der Waals surface area contributed by atoms with Crippen LogP contribution in [0.4, 0.5) is 5.69 Å². The summed E-state index contributed by atoms with van der Waals surface area (Å²) in [5, 5.41) is 8.55. The van der Waals surface area contributed by atoms with Crippen molar-refractivity contribution in [3.63, 3.8) is 0 Å². The van der Waals surface area contributed by atoms with Gasteiger partial charge in [0.15, 0.2) is 6.23 Å². The Kier molecular flexibility index (Phi) is 6.58. The Labute approximate surface area is 306 Å². The van der Waals surface area contributed by atoms with Gasteiger partial charge in [0.05, 0.1) is 33.4 Å². The molecule has 2 aromatic heterocycles. The Balaban J connectivity index is 0.958. The van der Waals surface area contributed by atoms with Crippen LogP contribution in [0.1, 0.15) is 11.8 Å². The zero-order valence-electron chi connectivity index (χ0n) is 28.8. The van der Waals surface area contributed by atoms with E-state index in [1.54, 1.807) is 0 Å². The number of anilines is 1. The van der Waals surface area contributed by atoms with Crippen molar-refractivity contribution < 1.29 is 4.74 Å². The topological polar surface area (TPSA) is 31.1 Å². The summed E-state index contributed by atoms with van der Waals surface area (Å²) in [4.78, 5) is 0. The molecule has 0 fully saturated rings. The number of para-hydroxylation sites is 4. The molecule has 250 valence electrons. The van der Waals surface area contributed by atoms with E-state index in [9.17, 15) is 0 Å². The maximum atomic E-state index is 6.68. The van der Waals surface area contributed by atoms with Gasteiger partial charge in [0.25, 0.3) is 0 Å². The summed E-state index contributed by atoms with van der Waals surface area (Å²) in [5.74, 6) is 0.860. The first kappa shape index (κ1) is 29.7. The lowest BCUT2D eigenvalue weighted by atomic mass is 10.0. The smallest absolute Gasteiger partial charge is 0.196 e. The normalized spacial score (nSPS) is 13.8. The third kappa shape index (κ3) is 4.69. The number of hydrogen-bond acceptors (Lipinski definition) is 2. The quantitative estimate of drug-likeness (QED) is 0.196. The SMILES string of the molecule is c1ccc(-c2ccccc2-n2c3ccccc3c3cc(C4Nc5ccc(-c6ccc7c(c6)c6ccccc6n7-c6ccccc6)cc5O4)ccc32)cc1. The van der Waals surface area contributed by atoms with Crippen LogP contribution in [-0.4, -0.2) is 9.13 Å². The summed E-state index contributed by atoms with van der Waals surface area (Å²) in [7, 11) is 0. The Bertz CT molecular complexity index is 3010. The van der Waals surface area contributed by atoms with Gasteiger partial charge >= 0.3 is 0 Å². The maximum Gasteiger partial charge on any atom is 0.196 e. The van der Waals surface area contributed by atoms with Crippen molar-refractivity contribution in [2.45, 2.75) is 6.23 Å². The lowest BCUT2D eigenvalue weighted by molar-refractivity contribution is 0.260. The number of nitrogens with zero attached hydrogens (tertiary/aromatic N) is 2. The van der Waals surface area contributed by atoms with E-state index >= 15 is 0 Å². The van der Waals surface area contributed by atoms with E-state index in [0.717, 1.165) is 39.5 Å². The van der Waals surface area contributed by atoms with Crippen LogP contribution in [-0.2, 0) is 0 Å². The number of ether oxygens (including phenoxy) is 1. The third-order valence-electron chi connectivity index (χ3n) is 10.8. The molecular formula is C49H33N3O. The van der Waals surface area contributed by atoms with Gasteiger partial charge in [-0.05, 0) is 83.4 Å². The number of rotatable bonds is 5. The highest BCUT2D eigenvalue weighted by molar-refractivity contribution is 6.11. The molecule has 1 N–H and O–H groups in total. The lowest BCUT2D eigenvalue weighted by Gasteiger charge is -2.15. The first-order valence-electron chi connectivity index (χ1n) is 18.1. The average Bonchev–Trinajstić information content (AvgIpc) is 3.91. The van der Waals surface area contributed by atoms with E-state index in [4.69, 9.17) is 4.74 Å². The van der Waals surface area contributed by atoms with Crippen molar-refractivity contribution in [1.29, 1.82) is 0 Å². The van der Waals surface area contributed by atoms with Crippen LogP contribution in [0.3, 0.4) is 0 Å². The first-order valence-corrected chi connectivity index (χ1v) is 18.1. The van der Waals surface area contributed by atoms with Gasteiger partial charge in [-0.1, -0.05) is 121 Å². The van der Waals surface area contributed by atoms with Gasteiger partial charge in [-0.15, -0.1) is 0 Å². The fraction of sp³-hybridized carbons (Fsp3) is 0.0204. The van der Waals surface area contributed by atoms with Gasteiger partial charge in [0, 0.05) is 38.4 Å².